The van der Waals surface area contributed by atoms with Crippen molar-refractivity contribution < 1.29 is 0 Å². The number of thioether (sulfide) groups is 1. The highest BCUT2D eigenvalue weighted by molar-refractivity contribution is 7.99. The molecule has 1 aliphatic rings. The van der Waals surface area contributed by atoms with Gasteiger partial charge in [0.25, 0.3) is 0 Å². The SMILES string of the molecule is N#Cc1cc(NCCN2CCSCC2)ccn1. The van der Waals surface area contributed by atoms with Crippen LogP contribution in [0, 0.1) is 11.3 Å². The minimum atomic E-state index is 0.462. The summed E-state index contributed by atoms with van der Waals surface area (Å²) in [5.41, 5.74) is 1.44. The molecule has 0 radical (unpaired) electrons. The van der Waals surface area contributed by atoms with Gasteiger partial charge in [0.15, 0.2) is 0 Å². The molecule has 1 saturated heterocycles. The number of nitrogens with zero attached hydrogens (tertiary/aromatic N) is 3. The molecular weight excluding hydrogens is 232 g/mol. The van der Waals surface area contributed by atoms with E-state index in [1.54, 1.807) is 12.3 Å². The Hall–Kier alpha value is -1.25. The molecule has 0 saturated carbocycles. The molecule has 0 unspecified atom stereocenters. The summed E-state index contributed by atoms with van der Waals surface area (Å²) < 4.78 is 0. The van der Waals surface area contributed by atoms with Crippen LogP contribution in [-0.4, -0.2) is 47.6 Å². The summed E-state index contributed by atoms with van der Waals surface area (Å²) in [5.74, 6) is 2.49. The molecule has 0 amide bonds. The first kappa shape index (κ1) is 12.2. The monoisotopic (exact) mass is 248 g/mol. The molecule has 2 rings (SSSR count). The van der Waals surface area contributed by atoms with Crippen LogP contribution in [0.2, 0.25) is 0 Å². The maximum atomic E-state index is 8.74. The van der Waals surface area contributed by atoms with Crippen LogP contribution in [0.4, 0.5) is 5.69 Å². The Kier molecular flexibility index (Phi) is 4.65. The van der Waals surface area contributed by atoms with Crippen molar-refractivity contribution in [2.75, 3.05) is 43.0 Å². The van der Waals surface area contributed by atoms with Crippen molar-refractivity contribution in [1.82, 2.24) is 9.88 Å². The van der Waals surface area contributed by atoms with Crippen molar-refractivity contribution in [3.63, 3.8) is 0 Å². The highest BCUT2D eigenvalue weighted by atomic mass is 32.2. The summed E-state index contributed by atoms with van der Waals surface area (Å²) in [6, 6.07) is 5.72. The van der Waals surface area contributed by atoms with E-state index in [0.29, 0.717) is 5.69 Å². The molecule has 4 nitrogen and oxygen atoms in total. The molecule has 0 aliphatic carbocycles. The molecule has 5 heteroatoms. The van der Waals surface area contributed by atoms with Gasteiger partial charge in [-0.25, -0.2) is 4.98 Å². The van der Waals surface area contributed by atoms with Gasteiger partial charge in [0.1, 0.15) is 11.8 Å². The highest BCUT2D eigenvalue weighted by Crippen LogP contribution is 2.09. The van der Waals surface area contributed by atoms with Crippen LogP contribution in [0.25, 0.3) is 0 Å². The van der Waals surface area contributed by atoms with Crippen LogP contribution in [0.15, 0.2) is 18.3 Å². The Balaban J connectivity index is 1.75. The molecule has 1 N–H and O–H groups in total. The van der Waals surface area contributed by atoms with E-state index in [9.17, 15) is 0 Å². The summed E-state index contributed by atoms with van der Waals surface area (Å²) in [6.07, 6.45) is 1.67. The largest absolute Gasteiger partial charge is 0.384 e. The van der Waals surface area contributed by atoms with Gasteiger partial charge >= 0.3 is 0 Å². The van der Waals surface area contributed by atoms with E-state index < -0.39 is 0 Å². The van der Waals surface area contributed by atoms with E-state index in [2.05, 4.69) is 15.2 Å². The van der Waals surface area contributed by atoms with Crippen LogP contribution < -0.4 is 5.32 Å². The summed E-state index contributed by atoms with van der Waals surface area (Å²) in [7, 11) is 0. The third-order valence-corrected chi connectivity index (χ3v) is 3.68. The zero-order chi connectivity index (χ0) is 11.9. The van der Waals surface area contributed by atoms with Gasteiger partial charge in [-0.3, -0.25) is 4.90 Å². The van der Waals surface area contributed by atoms with Crippen molar-refractivity contribution in [3.8, 4) is 6.07 Å². The van der Waals surface area contributed by atoms with Crippen molar-refractivity contribution in [2.45, 2.75) is 0 Å². The Labute approximate surface area is 106 Å². The first-order chi connectivity index (χ1) is 8.38. The topological polar surface area (TPSA) is 52.0 Å². The van der Waals surface area contributed by atoms with Gasteiger partial charge in [0, 0.05) is 49.6 Å². The average molecular weight is 248 g/mol. The van der Waals surface area contributed by atoms with Gasteiger partial charge in [-0.2, -0.15) is 17.0 Å². The second kappa shape index (κ2) is 6.48. The molecule has 90 valence electrons. The van der Waals surface area contributed by atoms with Gasteiger partial charge in [-0.1, -0.05) is 0 Å². The Morgan fingerprint density at radius 3 is 3.06 bits per heavy atom. The fourth-order valence-electron chi connectivity index (χ4n) is 1.78. The summed E-state index contributed by atoms with van der Waals surface area (Å²) in [5, 5.41) is 12.1. The molecular formula is C12H16N4S. The Bertz CT molecular complexity index is 396. The van der Waals surface area contributed by atoms with Gasteiger partial charge in [0.2, 0.25) is 0 Å². The lowest BCUT2D eigenvalue weighted by atomic mass is 10.3. The van der Waals surface area contributed by atoms with E-state index in [0.717, 1.165) is 18.8 Å². The van der Waals surface area contributed by atoms with Crippen LogP contribution in [0.5, 0.6) is 0 Å². The number of pyridine rings is 1. The maximum absolute atomic E-state index is 8.74. The molecule has 1 aliphatic heterocycles. The smallest absolute Gasteiger partial charge is 0.142 e. The zero-order valence-corrected chi connectivity index (χ0v) is 10.5. The third kappa shape index (κ3) is 3.91. The van der Waals surface area contributed by atoms with Gasteiger partial charge < -0.3 is 5.32 Å². The number of aromatic nitrogens is 1. The molecule has 0 spiro atoms. The third-order valence-electron chi connectivity index (χ3n) is 2.74. The average Bonchev–Trinajstić information content (AvgIpc) is 2.40. The summed E-state index contributed by atoms with van der Waals surface area (Å²) >= 11 is 2.03. The van der Waals surface area contributed by atoms with E-state index >= 15 is 0 Å². The lowest BCUT2D eigenvalue weighted by Crippen LogP contribution is -2.36. The number of nitriles is 1. The first-order valence-electron chi connectivity index (χ1n) is 5.78. The molecule has 0 bridgehead atoms. The van der Waals surface area contributed by atoms with Crippen molar-refractivity contribution in [1.29, 1.82) is 5.26 Å². The van der Waals surface area contributed by atoms with Crippen molar-refractivity contribution in [2.24, 2.45) is 0 Å². The fourth-order valence-corrected chi connectivity index (χ4v) is 2.76. The summed E-state index contributed by atoms with van der Waals surface area (Å²) in [4.78, 5) is 6.41. The molecule has 0 aromatic carbocycles. The lowest BCUT2D eigenvalue weighted by molar-refractivity contribution is 0.314. The number of rotatable bonds is 4. The van der Waals surface area contributed by atoms with E-state index in [-0.39, 0.29) is 0 Å². The van der Waals surface area contributed by atoms with E-state index in [1.165, 1.54) is 24.6 Å². The lowest BCUT2D eigenvalue weighted by Gasteiger charge is -2.26. The second-order valence-electron chi connectivity index (χ2n) is 3.92. The molecule has 1 aromatic rings. The Morgan fingerprint density at radius 2 is 2.29 bits per heavy atom. The van der Waals surface area contributed by atoms with Crippen LogP contribution in [-0.2, 0) is 0 Å². The van der Waals surface area contributed by atoms with Crippen LogP contribution in [0.3, 0.4) is 0 Å². The predicted molar refractivity (Wildman–Crippen MR) is 71.2 cm³/mol. The normalized spacial score (nSPS) is 16.4. The van der Waals surface area contributed by atoms with Gasteiger partial charge in [-0.15, -0.1) is 0 Å². The molecule has 17 heavy (non-hydrogen) atoms. The minimum absolute atomic E-state index is 0.462. The molecule has 1 aromatic heterocycles. The molecule has 1 fully saturated rings. The first-order valence-corrected chi connectivity index (χ1v) is 6.94. The van der Waals surface area contributed by atoms with Gasteiger partial charge in [0.05, 0.1) is 0 Å². The van der Waals surface area contributed by atoms with Gasteiger partial charge in [-0.05, 0) is 12.1 Å². The fraction of sp³-hybridized carbons (Fsp3) is 0.500. The number of hydrogen-bond donors (Lipinski definition) is 1. The number of hydrogen-bond acceptors (Lipinski definition) is 5. The molecule has 0 atom stereocenters. The van der Waals surface area contributed by atoms with Crippen molar-refractivity contribution in [3.05, 3.63) is 24.0 Å². The quantitative estimate of drug-likeness (QED) is 0.873. The minimum Gasteiger partial charge on any atom is -0.384 e. The summed E-state index contributed by atoms with van der Waals surface area (Å²) in [6.45, 7) is 4.35. The standard InChI is InChI=1S/C12H16N4S/c13-10-12-9-11(1-2-14-12)15-3-4-16-5-7-17-8-6-16/h1-2,9H,3-8H2,(H,14,15). The van der Waals surface area contributed by atoms with Crippen LogP contribution in [0.1, 0.15) is 5.69 Å². The van der Waals surface area contributed by atoms with E-state index in [1.807, 2.05) is 23.9 Å². The number of nitrogens with one attached hydrogen (secondary N) is 1. The van der Waals surface area contributed by atoms with E-state index in [4.69, 9.17) is 5.26 Å². The second-order valence-corrected chi connectivity index (χ2v) is 5.15. The predicted octanol–water partition coefficient (Wildman–Crippen LogP) is 1.41. The zero-order valence-electron chi connectivity index (χ0n) is 9.72. The maximum Gasteiger partial charge on any atom is 0.142 e. The van der Waals surface area contributed by atoms with Crippen molar-refractivity contribution >= 4 is 17.4 Å². The number of anilines is 1. The highest BCUT2D eigenvalue weighted by Gasteiger charge is 2.09. The molecule has 2 heterocycles. The van der Waals surface area contributed by atoms with Crippen LogP contribution >= 0.6 is 11.8 Å². The Morgan fingerprint density at radius 1 is 1.47 bits per heavy atom.